The lowest BCUT2D eigenvalue weighted by Crippen LogP contribution is -2.58. The van der Waals surface area contributed by atoms with Crippen LogP contribution in [0, 0.1) is 17.2 Å². The highest BCUT2D eigenvalue weighted by atomic mass is 16.2. The zero-order chi connectivity index (χ0) is 38.8. The summed E-state index contributed by atoms with van der Waals surface area (Å²) in [6.07, 6.45) is 6.01. The SMILES string of the molecule is CC(C)C[C@@H](NC(=O)[C@@H](Cc1ccccc1)NC(=O)[C@H](N)Cc1ccccc1)C(=O)N[C@H](CCCNC(C)C)C(=O)N1CCCC(CCC(=N)N)CC1. The molecule has 5 atom stereocenters. The van der Waals surface area contributed by atoms with Crippen LogP contribution in [0.5, 0.6) is 0 Å². The lowest BCUT2D eigenvalue weighted by atomic mass is 9.95. The van der Waals surface area contributed by atoms with Gasteiger partial charge in [-0.2, -0.15) is 0 Å². The molecule has 1 aliphatic heterocycles. The molecule has 0 spiro atoms. The van der Waals surface area contributed by atoms with Crippen molar-refractivity contribution in [1.82, 2.24) is 26.2 Å². The molecule has 292 valence electrons. The molecule has 12 nitrogen and oxygen atoms in total. The first kappa shape index (κ1) is 43.1. The molecule has 1 aliphatic rings. The number of likely N-dealkylation sites (tertiary alicyclic amines) is 1. The molecule has 12 heteroatoms. The van der Waals surface area contributed by atoms with E-state index in [-0.39, 0.29) is 24.1 Å². The Morgan fingerprint density at radius 3 is 1.98 bits per heavy atom. The summed E-state index contributed by atoms with van der Waals surface area (Å²) >= 11 is 0. The average molecular weight is 733 g/mol. The van der Waals surface area contributed by atoms with Crippen LogP contribution in [-0.2, 0) is 32.0 Å². The van der Waals surface area contributed by atoms with Gasteiger partial charge in [0.1, 0.15) is 18.1 Å². The van der Waals surface area contributed by atoms with E-state index in [1.165, 1.54) is 0 Å². The topological polar surface area (TPSA) is 196 Å². The van der Waals surface area contributed by atoms with Gasteiger partial charge in [0, 0.05) is 32.0 Å². The fraction of sp³-hybridized carbons (Fsp3) is 0.585. The van der Waals surface area contributed by atoms with Gasteiger partial charge in [-0.25, -0.2) is 0 Å². The molecule has 0 aliphatic carbocycles. The third kappa shape index (κ3) is 16.1. The molecule has 0 aromatic heterocycles. The van der Waals surface area contributed by atoms with Gasteiger partial charge in [-0.15, -0.1) is 0 Å². The summed E-state index contributed by atoms with van der Waals surface area (Å²) in [5, 5.41) is 19.8. The highest BCUT2D eigenvalue weighted by Crippen LogP contribution is 2.23. The van der Waals surface area contributed by atoms with Crippen molar-refractivity contribution in [2.45, 2.75) is 122 Å². The van der Waals surface area contributed by atoms with Gasteiger partial charge >= 0.3 is 0 Å². The number of rotatable bonds is 21. The third-order valence-corrected chi connectivity index (χ3v) is 9.71. The number of amides is 4. The van der Waals surface area contributed by atoms with Gasteiger partial charge < -0.3 is 37.6 Å². The average Bonchev–Trinajstić information content (AvgIpc) is 3.37. The van der Waals surface area contributed by atoms with E-state index < -0.39 is 41.9 Å². The molecule has 9 N–H and O–H groups in total. The van der Waals surface area contributed by atoms with Crippen LogP contribution >= 0.6 is 0 Å². The van der Waals surface area contributed by atoms with Crippen LogP contribution < -0.4 is 32.7 Å². The number of hydrogen-bond acceptors (Lipinski definition) is 7. The van der Waals surface area contributed by atoms with E-state index in [0.717, 1.165) is 36.8 Å². The fourth-order valence-electron chi connectivity index (χ4n) is 6.75. The number of carbonyl (C=O) groups is 4. The largest absolute Gasteiger partial charge is 0.388 e. The lowest BCUT2D eigenvalue weighted by Gasteiger charge is -2.30. The van der Waals surface area contributed by atoms with Crippen molar-refractivity contribution in [2.24, 2.45) is 23.3 Å². The zero-order valence-corrected chi connectivity index (χ0v) is 32.2. The molecule has 1 saturated heterocycles. The third-order valence-electron chi connectivity index (χ3n) is 9.71. The molecule has 1 heterocycles. The van der Waals surface area contributed by atoms with Crippen LogP contribution in [0.15, 0.2) is 60.7 Å². The molecule has 0 radical (unpaired) electrons. The Labute approximate surface area is 316 Å². The first-order valence-electron chi connectivity index (χ1n) is 19.4. The van der Waals surface area contributed by atoms with Gasteiger partial charge in [0.25, 0.3) is 0 Å². The first-order valence-corrected chi connectivity index (χ1v) is 19.4. The number of benzene rings is 2. The highest BCUT2D eigenvalue weighted by molar-refractivity contribution is 5.95. The van der Waals surface area contributed by atoms with Crippen LogP contribution in [0.3, 0.4) is 0 Å². The summed E-state index contributed by atoms with van der Waals surface area (Å²) in [5.41, 5.74) is 13.7. The van der Waals surface area contributed by atoms with Crippen LogP contribution in [0.4, 0.5) is 0 Å². The van der Waals surface area contributed by atoms with Crippen LogP contribution in [0.2, 0.25) is 0 Å². The van der Waals surface area contributed by atoms with E-state index in [0.29, 0.717) is 63.7 Å². The Balaban J connectivity index is 1.77. The van der Waals surface area contributed by atoms with Crippen molar-refractivity contribution in [3.8, 4) is 0 Å². The number of amidine groups is 1. The standard InChI is InChI=1S/C41H64N8O4/c1-28(2)25-35(48-40(52)36(27-32-15-9-6-10-16-32)47-38(50)33(42)26-31-13-7-5-8-14-31)39(51)46-34(18-11-22-45-29(3)4)41(53)49-23-12-17-30(21-24-49)19-20-37(43)44/h5-10,13-16,28-30,33-36,45H,11-12,17-27,42H2,1-4H3,(H3,43,44)(H,46,51)(H,47,50)(H,48,52)/t30?,33-,34-,35-,36-/m1/s1. The van der Waals surface area contributed by atoms with E-state index >= 15 is 0 Å². The first-order chi connectivity index (χ1) is 25.3. The van der Waals surface area contributed by atoms with Gasteiger partial charge in [-0.05, 0) is 80.9 Å². The van der Waals surface area contributed by atoms with Crippen molar-refractivity contribution in [1.29, 1.82) is 5.41 Å². The quantitative estimate of drug-likeness (QED) is 0.0580. The molecule has 2 aromatic carbocycles. The van der Waals surface area contributed by atoms with Gasteiger partial charge in [0.05, 0.1) is 11.9 Å². The van der Waals surface area contributed by atoms with Crippen molar-refractivity contribution in [2.75, 3.05) is 19.6 Å². The number of carbonyl (C=O) groups excluding carboxylic acids is 4. The molecular formula is C41H64N8O4. The minimum absolute atomic E-state index is 0.0504. The van der Waals surface area contributed by atoms with E-state index in [1.54, 1.807) is 0 Å². The van der Waals surface area contributed by atoms with Gasteiger partial charge in [0.15, 0.2) is 0 Å². The van der Waals surface area contributed by atoms with Crippen LogP contribution in [-0.4, -0.2) is 84.2 Å². The minimum atomic E-state index is -0.984. The van der Waals surface area contributed by atoms with E-state index in [9.17, 15) is 19.2 Å². The number of nitrogens with zero attached hydrogens (tertiary/aromatic N) is 1. The van der Waals surface area contributed by atoms with Crippen LogP contribution in [0.1, 0.15) is 90.2 Å². The van der Waals surface area contributed by atoms with Crippen LogP contribution in [0.25, 0.3) is 0 Å². The predicted molar refractivity (Wildman–Crippen MR) is 211 cm³/mol. The number of nitrogens with one attached hydrogen (secondary N) is 5. The zero-order valence-electron chi connectivity index (χ0n) is 32.2. The van der Waals surface area contributed by atoms with Crippen molar-refractivity contribution < 1.29 is 19.2 Å². The maximum atomic E-state index is 14.1. The summed E-state index contributed by atoms with van der Waals surface area (Å²) in [6, 6.07) is 15.6. The molecule has 4 amide bonds. The van der Waals surface area contributed by atoms with Crippen molar-refractivity contribution >= 4 is 29.5 Å². The Morgan fingerprint density at radius 1 is 0.792 bits per heavy atom. The Kier molecular flexibility index (Phi) is 18.5. The molecule has 0 saturated carbocycles. The monoisotopic (exact) mass is 733 g/mol. The van der Waals surface area contributed by atoms with Gasteiger partial charge in [0.2, 0.25) is 23.6 Å². The second-order valence-electron chi connectivity index (χ2n) is 15.2. The van der Waals surface area contributed by atoms with Crippen molar-refractivity contribution in [3.63, 3.8) is 0 Å². The lowest BCUT2D eigenvalue weighted by molar-refractivity contribution is -0.138. The Morgan fingerprint density at radius 2 is 1.38 bits per heavy atom. The highest BCUT2D eigenvalue weighted by Gasteiger charge is 2.33. The van der Waals surface area contributed by atoms with Crippen molar-refractivity contribution in [3.05, 3.63) is 71.8 Å². The van der Waals surface area contributed by atoms with E-state index in [1.807, 2.05) is 79.4 Å². The Bertz CT molecular complexity index is 1440. The number of hydrogen-bond donors (Lipinski definition) is 7. The maximum Gasteiger partial charge on any atom is 0.245 e. The molecule has 0 bridgehead atoms. The van der Waals surface area contributed by atoms with Gasteiger partial charge in [-0.3, -0.25) is 24.6 Å². The summed E-state index contributed by atoms with van der Waals surface area (Å²) in [6.45, 7) is 9.95. The maximum absolute atomic E-state index is 14.1. The second kappa shape index (κ2) is 22.7. The summed E-state index contributed by atoms with van der Waals surface area (Å²) in [7, 11) is 0. The molecule has 2 aromatic rings. The summed E-state index contributed by atoms with van der Waals surface area (Å²) in [4.78, 5) is 57.4. The van der Waals surface area contributed by atoms with E-state index in [2.05, 4.69) is 35.1 Å². The normalized spacial score (nSPS) is 17.0. The predicted octanol–water partition coefficient (Wildman–Crippen LogP) is 3.42. The van der Waals surface area contributed by atoms with E-state index in [4.69, 9.17) is 16.9 Å². The summed E-state index contributed by atoms with van der Waals surface area (Å²) in [5.74, 6) is -0.881. The molecular weight excluding hydrogens is 669 g/mol. The molecule has 53 heavy (non-hydrogen) atoms. The Hall–Kier alpha value is -4.29. The smallest absolute Gasteiger partial charge is 0.245 e. The minimum Gasteiger partial charge on any atom is -0.388 e. The number of nitrogens with two attached hydrogens (primary N) is 2. The summed E-state index contributed by atoms with van der Waals surface area (Å²) < 4.78 is 0. The fourth-order valence-corrected chi connectivity index (χ4v) is 6.75. The molecule has 3 rings (SSSR count). The molecule has 1 unspecified atom stereocenters. The second-order valence-corrected chi connectivity index (χ2v) is 15.2. The molecule has 1 fully saturated rings. The van der Waals surface area contributed by atoms with Gasteiger partial charge in [-0.1, -0.05) is 88.4 Å².